The molecule has 0 amide bonds. The number of carbonyl (C=O) groups is 1. The van der Waals surface area contributed by atoms with E-state index in [4.69, 9.17) is 0 Å². The minimum absolute atomic E-state index is 0.141. The lowest BCUT2D eigenvalue weighted by molar-refractivity contribution is 0.102. The largest absolute Gasteiger partial charge is 0.294 e. The lowest BCUT2D eigenvalue weighted by Crippen LogP contribution is -2.13. The van der Waals surface area contributed by atoms with Crippen LogP contribution in [0.3, 0.4) is 0 Å². The first kappa shape index (κ1) is 14.2. The highest BCUT2D eigenvalue weighted by atomic mass is 79.9. The van der Waals surface area contributed by atoms with Gasteiger partial charge in [0.25, 0.3) is 10.0 Å². The predicted octanol–water partition coefficient (Wildman–Crippen LogP) is 3.51. The van der Waals surface area contributed by atoms with Gasteiger partial charge >= 0.3 is 0 Å². The van der Waals surface area contributed by atoms with Gasteiger partial charge in [0.1, 0.15) is 0 Å². The van der Waals surface area contributed by atoms with E-state index >= 15 is 0 Å². The highest BCUT2D eigenvalue weighted by molar-refractivity contribution is 9.10. The minimum atomic E-state index is -3.69. The van der Waals surface area contributed by atoms with E-state index in [1.54, 1.807) is 23.6 Å². The molecule has 100 valence electrons. The van der Waals surface area contributed by atoms with Crippen LogP contribution in [0.5, 0.6) is 0 Å². The monoisotopic (exact) mass is 359 g/mol. The summed E-state index contributed by atoms with van der Waals surface area (Å²) in [6.45, 7) is 1.41. The minimum Gasteiger partial charge on any atom is -0.294 e. The number of Topliss-reactive ketones (excluding diaryl/α,β-unsaturated/α-hetero) is 1. The molecule has 0 radical (unpaired) electrons. The fourth-order valence-electron chi connectivity index (χ4n) is 1.50. The average molecular weight is 360 g/mol. The van der Waals surface area contributed by atoms with Crippen LogP contribution in [0, 0.1) is 0 Å². The molecule has 0 spiro atoms. The maximum atomic E-state index is 12.2. The van der Waals surface area contributed by atoms with E-state index in [2.05, 4.69) is 20.7 Å². The first-order valence-electron chi connectivity index (χ1n) is 5.27. The summed E-state index contributed by atoms with van der Waals surface area (Å²) in [5.74, 6) is -0.165. The standard InChI is InChI=1S/C12H10BrNO3S2/c1-8(15)12-11(5-6-18-12)14-19(16,17)10-4-2-3-9(13)7-10/h2-7,14H,1H3. The summed E-state index contributed by atoms with van der Waals surface area (Å²) >= 11 is 4.44. The number of carbonyl (C=O) groups excluding carboxylic acids is 1. The molecular weight excluding hydrogens is 350 g/mol. The summed E-state index contributed by atoms with van der Waals surface area (Å²) < 4.78 is 27.5. The molecule has 1 aromatic carbocycles. The van der Waals surface area contributed by atoms with E-state index in [0.29, 0.717) is 15.0 Å². The smallest absolute Gasteiger partial charge is 0.261 e. The van der Waals surface area contributed by atoms with Crippen molar-refractivity contribution in [3.8, 4) is 0 Å². The van der Waals surface area contributed by atoms with Gasteiger partial charge in [0.2, 0.25) is 0 Å². The third-order valence-electron chi connectivity index (χ3n) is 2.34. The van der Waals surface area contributed by atoms with Crippen molar-refractivity contribution in [2.24, 2.45) is 0 Å². The third kappa shape index (κ3) is 3.23. The number of ketones is 1. The average Bonchev–Trinajstić information content (AvgIpc) is 2.76. The number of thiophene rings is 1. The van der Waals surface area contributed by atoms with Crippen LogP contribution in [0.2, 0.25) is 0 Å². The first-order chi connectivity index (χ1) is 8.90. The maximum absolute atomic E-state index is 12.2. The molecule has 0 fully saturated rings. The van der Waals surface area contributed by atoms with Crippen molar-refractivity contribution in [1.82, 2.24) is 0 Å². The summed E-state index contributed by atoms with van der Waals surface area (Å²) in [7, 11) is -3.69. The molecule has 7 heteroatoms. The van der Waals surface area contributed by atoms with Crippen LogP contribution in [0.15, 0.2) is 45.1 Å². The molecular formula is C12H10BrNO3S2. The van der Waals surface area contributed by atoms with Gasteiger partial charge in [-0.3, -0.25) is 9.52 Å². The zero-order valence-electron chi connectivity index (χ0n) is 9.88. The van der Waals surface area contributed by atoms with Crippen LogP contribution in [0.1, 0.15) is 16.6 Å². The Morgan fingerprint density at radius 2 is 2.05 bits per heavy atom. The summed E-state index contributed by atoms with van der Waals surface area (Å²) in [5.41, 5.74) is 0.317. The molecule has 4 nitrogen and oxygen atoms in total. The van der Waals surface area contributed by atoms with Crippen LogP contribution in [-0.4, -0.2) is 14.2 Å². The molecule has 19 heavy (non-hydrogen) atoms. The van der Waals surface area contributed by atoms with Gasteiger partial charge in [-0.05, 0) is 29.6 Å². The molecule has 0 atom stereocenters. The van der Waals surface area contributed by atoms with Gasteiger partial charge in [-0.25, -0.2) is 8.42 Å². The lowest BCUT2D eigenvalue weighted by Gasteiger charge is -2.08. The van der Waals surface area contributed by atoms with Crippen molar-refractivity contribution < 1.29 is 13.2 Å². The SMILES string of the molecule is CC(=O)c1sccc1NS(=O)(=O)c1cccc(Br)c1. The van der Waals surface area contributed by atoms with Gasteiger partial charge in [0, 0.05) is 11.4 Å². The van der Waals surface area contributed by atoms with Crippen molar-refractivity contribution in [2.45, 2.75) is 11.8 Å². The molecule has 0 saturated heterocycles. The predicted molar refractivity (Wildman–Crippen MR) is 79.3 cm³/mol. The highest BCUT2D eigenvalue weighted by Gasteiger charge is 2.18. The Bertz CT molecular complexity index is 722. The van der Waals surface area contributed by atoms with Crippen molar-refractivity contribution in [3.63, 3.8) is 0 Å². The summed E-state index contributed by atoms with van der Waals surface area (Å²) in [6.07, 6.45) is 0. The van der Waals surface area contributed by atoms with E-state index in [-0.39, 0.29) is 10.7 Å². The molecule has 1 heterocycles. The van der Waals surface area contributed by atoms with E-state index in [0.717, 1.165) is 0 Å². The summed E-state index contributed by atoms with van der Waals surface area (Å²) in [5, 5.41) is 1.68. The molecule has 2 aromatic rings. The number of sulfonamides is 1. The van der Waals surface area contributed by atoms with Crippen LogP contribution in [0.4, 0.5) is 5.69 Å². The highest BCUT2D eigenvalue weighted by Crippen LogP contribution is 2.26. The van der Waals surface area contributed by atoms with Gasteiger partial charge in [0.15, 0.2) is 5.78 Å². The normalized spacial score (nSPS) is 11.3. The Hall–Kier alpha value is -1.18. The quantitative estimate of drug-likeness (QED) is 0.849. The van der Waals surface area contributed by atoms with Crippen LogP contribution in [-0.2, 0) is 10.0 Å². The molecule has 0 aliphatic carbocycles. The van der Waals surface area contributed by atoms with Crippen LogP contribution in [0.25, 0.3) is 0 Å². The van der Waals surface area contributed by atoms with Crippen LogP contribution >= 0.6 is 27.3 Å². The van der Waals surface area contributed by atoms with Crippen molar-refractivity contribution >= 4 is 48.8 Å². The second-order valence-electron chi connectivity index (χ2n) is 3.78. The molecule has 0 saturated carbocycles. The number of halogens is 1. The third-order valence-corrected chi connectivity index (χ3v) is 5.21. The molecule has 0 aliphatic rings. The van der Waals surface area contributed by atoms with Crippen molar-refractivity contribution in [3.05, 3.63) is 45.1 Å². The second kappa shape index (κ2) is 5.44. The van der Waals surface area contributed by atoms with Gasteiger partial charge in [-0.2, -0.15) is 0 Å². The Morgan fingerprint density at radius 1 is 1.32 bits per heavy atom. The van der Waals surface area contributed by atoms with Crippen molar-refractivity contribution in [1.29, 1.82) is 0 Å². The van der Waals surface area contributed by atoms with Gasteiger partial charge < -0.3 is 0 Å². The molecule has 1 aromatic heterocycles. The lowest BCUT2D eigenvalue weighted by atomic mass is 10.3. The van der Waals surface area contributed by atoms with Gasteiger partial charge in [-0.15, -0.1) is 11.3 Å². The van der Waals surface area contributed by atoms with Gasteiger partial charge in [-0.1, -0.05) is 22.0 Å². The van der Waals surface area contributed by atoms with E-state index < -0.39 is 10.0 Å². The molecule has 0 aliphatic heterocycles. The summed E-state index contributed by atoms with van der Waals surface area (Å²) in [6, 6.07) is 7.95. The number of anilines is 1. The van der Waals surface area contributed by atoms with Crippen molar-refractivity contribution in [2.75, 3.05) is 4.72 Å². The van der Waals surface area contributed by atoms with E-state index in [9.17, 15) is 13.2 Å². The second-order valence-corrected chi connectivity index (χ2v) is 7.30. The fourth-order valence-corrected chi connectivity index (χ4v) is 3.98. The number of hydrogen-bond acceptors (Lipinski definition) is 4. The number of nitrogens with one attached hydrogen (secondary N) is 1. The maximum Gasteiger partial charge on any atom is 0.261 e. The Balaban J connectivity index is 2.37. The zero-order valence-corrected chi connectivity index (χ0v) is 13.1. The fraction of sp³-hybridized carbons (Fsp3) is 0.0833. The van der Waals surface area contributed by atoms with Gasteiger partial charge in [0.05, 0.1) is 15.5 Å². The zero-order chi connectivity index (χ0) is 14.0. The Labute approximate surface area is 123 Å². The van der Waals surface area contributed by atoms with E-state index in [1.165, 1.54) is 30.4 Å². The Morgan fingerprint density at radius 3 is 2.68 bits per heavy atom. The van der Waals surface area contributed by atoms with E-state index in [1.807, 2.05) is 0 Å². The van der Waals surface area contributed by atoms with Crippen LogP contribution < -0.4 is 4.72 Å². The number of hydrogen-bond donors (Lipinski definition) is 1. The topological polar surface area (TPSA) is 63.2 Å². The number of benzene rings is 1. The molecule has 0 unspecified atom stereocenters. The first-order valence-corrected chi connectivity index (χ1v) is 8.42. The molecule has 2 rings (SSSR count). The number of rotatable bonds is 4. The molecule has 1 N–H and O–H groups in total. The summed E-state index contributed by atoms with van der Waals surface area (Å²) in [4.78, 5) is 11.9. The molecule has 0 bridgehead atoms. The Kier molecular flexibility index (Phi) is 4.07.